The molecule has 1 spiro atoms. The van der Waals surface area contributed by atoms with Gasteiger partial charge in [-0.1, -0.05) is 11.6 Å². The molecule has 26 heavy (non-hydrogen) atoms. The van der Waals surface area contributed by atoms with E-state index in [2.05, 4.69) is 15.6 Å². The fraction of sp³-hybridized carbons (Fsp3) is 0.632. The van der Waals surface area contributed by atoms with Crippen molar-refractivity contribution in [2.75, 3.05) is 31.5 Å². The van der Waals surface area contributed by atoms with Gasteiger partial charge in [0.2, 0.25) is 11.8 Å². The number of carbonyl (C=O) groups is 2. The van der Waals surface area contributed by atoms with Crippen LogP contribution >= 0.6 is 11.6 Å². The molecule has 6 nitrogen and oxygen atoms in total. The molecule has 2 N–H and O–H groups in total. The van der Waals surface area contributed by atoms with Crippen molar-refractivity contribution in [3.05, 3.63) is 23.4 Å². The lowest BCUT2D eigenvalue weighted by Crippen LogP contribution is -2.43. The van der Waals surface area contributed by atoms with Crippen molar-refractivity contribution in [2.45, 2.75) is 32.1 Å². The summed E-state index contributed by atoms with van der Waals surface area (Å²) in [7, 11) is 0. The molecule has 2 saturated heterocycles. The molecule has 2 aliphatic heterocycles. The first-order valence-electron chi connectivity index (χ1n) is 9.49. The summed E-state index contributed by atoms with van der Waals surface area (Å²) in [5.41, 5.74) is 0.275. The zero-order valence-electron chi connectivity index (χ0n) is 14.8. The third-order valence-corrected chi connectivity index (χ3v) is 6.47. The molecule has 4 rings (SSSR count). The van der Waals surface area contributed by atoms with E-state index in [9.17, 15) is 9.59 Å². The van der Waals surface area contributed by atoms with Crippen LogP contribution in [0.15, 0.2) is 18.3 Å². The molecule has 7 heteroatoms. The predicted molar refractivity (Wildman–Crippen MR) is 99.8 cm³/mol. The Labute approximate surface area is 158 Å². The van der Waals surface area contributed by atoms with Gasteiger partial charge in [0, 0.05) is 31.1 Å². The van der Waals surface area contributed by atoms with Crippen LogP contribution in [0.3, 0.4) is 0 Å². The highest BCUT2D eigenvalue weighted by Gasteiger charge is 2.58. The van der Waals surface area contributed by atoms with Gasteiger partial charge in [-0.15, -0.1) is 0 Å². The number of hydrogen-bond donors (Lipinski definition) is 2. The predicted octanol–water partition coefficient (Wildman–Crippen LogP) is 2.30. The maximum absolute atomic E-state index is 12.8. The van der Waals surface area contributed by atoms with Gasteiger partial charge in [-0.25, -0.2) is 4.98 Å². The number of aromatic nitrogens is 1. The average Bonchev–Trinajstić information content (AvgIpc) is 3.36. The molecule has 0 aromatic carbocycles. The highest BCUT2D eigenvalue weighted by atomic mass is 35.5. The first kappa shape index (κ1) is 17.7. The molecule has 3 aliphatic rings. The fourth-order valence-corrected chi connectivity index (χ4v) is 4.55. The molecule has 0 bridgehead atoms. The first-order valence-corrected chi connectivity index (χ1v) is 9.87. The molecule has 140 valence electrons. The number of pyridine rings is 1. The Balaban J connectivity index is 1.27. The van der Waals surface area contributed by atoms with Crippen LogP contribution in [0.25, 0.3) is 0 Å². The van der Waals surface area contributed by atoms with Crippen LogP contribution in [0.5, 0.6) is 0 Å². The van der Waals surface area contributed by atoms with Crippen molar-refractivity contribution in [3.8, 4) is 0 Å². The van der Waals surface area contributed by atoms with E-state index in [1.54, 1.807) is 12.1 Å². The lowest BCUT2D eigenvalue weighted by atomic mass is 9.90. The minimum Gasteiger partial charge on any atom is -0.342 e. The largest absolute Gasteiger partial charge is 0.342 e. The maximum atomic E-state index is 12.8. The highest BCUT2D eigenvalue weighted by Crippen LogP contribution is 2.59. The van der Waals surface area contributed by atoms with E-state index < -0.39 is 0 Å². The normalized spacial score (nSPS) is 25.1. The van der Waals surface area contributed by atoms with Crippen molar-refractivity contribution in [1.29, 1.82) is 0 Å². The van der Waals surface area contributed by atoms with E-state index in [0.717, 1.165) is 32.4 Å². The maximum Gasteiger partial charge on any atom is 0.228 e. The zero-order valence-corrected chi connectivity index (χ0v) is 15.6. The van der Waals surface area contributed by atoms with Crippen LogP contribution in [0.1, 0.15) is 32.1 Å². The number of hydrogen-bond acceptors (Lipinski definition) is 4. The molecule has 1 aromatic rings. The molecule has 2 amide bonds. The smallest absolute Gasteiger partial charge is 0.228 e. The molecule has 1 unspecified atom stereocenters. The fourth-order valence-electron chi connectivity index (χ4n) is 4.43. The van der Waals surface area contributed by atoms with Crippen LogP contribution in [0.2, 0.25) is 5.02 Å². The second kappa shape index (κ2) is 7.16. The summed E-state index contributed by atoms with van der Waals surface area (Å²) in [5, 5.41) is 6.77. The molecule has 0 radical (unpaired) electrons. The topological polar surface area (TPSA) is 74.3 Å². The van der Waals surface area contributed by atoms with Crippen LogP contribution < -0.4 is 10.6 Å². The first-order chi connectivity index (χ1) is 12.6. The number of nitrogens with zero attached hydrogens (tertiary/aromatic N) is 2. The summed E-state index contributed by atoms with van der Waals surface area (Å²) in [4.78, 5) is 31.3. The van der Waals surface area contributed by atoms with Crippen molar-refractivity contribution < 1.29 is 9.59 Å². The summed E-state index contributed by atoms with van der Waals surface area (Å²) in [6, 6.07) is 3.40. The third kappa shape index (κ3) is 3.58. The van der Waals surface area contributed by atoms with Gasteiger partial charge >= 0.3 is 0 Å². The van der Waals surface area contributed by atoms with Gasteiger partial charge in [-0.05, 0) is 62.7 Å². The van der Waals surface area contributed by atoms with Crippen molar-refractivity contribution >= 4 is 29.2 Å². The molecule has 1 aliphatic carbocycles. The van der Waals surface area contributed by atoms with Gasteiger partial charge in [0.05, 0.1) is 5.02 Å². The number of carbonyl (C=O) groups excluding carboxylic acids is 2. The van der Waals surface area contributed by atoms with E-state index in [4.69, 9.17) is 11.6 Å². The minimum atomic E-state index is -0.0661. The van der Waals surface area contributed by atoms with Crippen LogP contribution in [-0.2, 0) is 9.59 Å². The molecule has 1 atom stereocenters. The van der Waals surface area contributed by atoms with Gasteiger partial charge < -0.3 is 15.5 Å². The van der Waals surface area contributed by atoms with Crippen molar-refractivity contribution in [1.82, 2.24) is 15.2 Å². The summed E-state index contributed by atoms with van der Waals surface area (Å²) < 4.78 is 0. The van der Waals surface area contributed by atoms with Gasteiger partial charge in [-0.2, -0.15) is 0 Å². The molecule has 3 heterocycles. The van der Waals surface area contributed by atoms with Gasteiger partial charge in [0.25, 0.3) is 0 Å². The Bertz CT molecular complexity index is 679. The summed E-state index contributed by atoms with van der Waals surface area (Å²) in [5.74, 6) is 0.957. The number of piperidine rings is 2. The van der Waals surface area contributed by atoms with Crippen LogP contribution in [0, 0.1) is 17.3 Å². The van der Waals surface area contributed by atoms with E-state index in [-0.39, 0.29) is 23.2 Å². The summed E-state index contributed by atoms with van der Waals surface area (Å²) in [6.45, 7) is 3.42. The molecule has 3 fully saturated rings. The quantitative estimate of drug-likeness (QED) is 0.848. The van der Waals surface area contributed by atoms with E-state index in [1.165, 1.54) is 6.20 Å². The number of amides is 2. The summed E-state index contributed by atoms with van der Waals surface area (Å²) in [6.07, 6.45) is 6.24. The second-order valence-corrected chi connectivity index (χ2v) is 8.26. The number of likely N-dealkylation sites (tertiary alicyclic amines) is 1. The number of rotatable bonds is 3. The third-order valence-electron chi connectivity index (χ3n) is 6.24. The molecular weight excluding hydrogens is 352 g/mol. The van der Waals surface area contributed by atoms with Gasteiger partial charge in [-0.3, -0.25) is 9.59 Å². The Morgan fingerprint density at radius 1 is 1.23 bits per heavy atom. The van der Waals surface area contributed by atoms with Crippen molar-refractivity contribution in [3.63, 3.8) is 0 Å². The van der Waals surface area contributed by atoms with Crippen molar-refractivity contribution in [2.24, 2.45) is 17.3 Å². The lowest BCUT2D eigenvalue weighted by molar-refractivity contribution is -0.136. The SMILES string of the molecule is O=C(Nc1ccc(Cl)cn1)C1CCN(C(=O)C2CC23CCNCC3)CC1. The van der Waals surface area contributed by atoms with Gasteiger partial charge in [0.1, 0.15) is 5.82 Å². The summed E-state index contributed by atoms with van der Waals surface area (Å²) >= 11 is 5.81. The number of anilines is 1. The monoisotopic (exact) mass is 376 g/mol. The minimum absolute atomic E-state index is 0.0202. The Morgan fingerprint density at radius 3 is 2.62 bits per heavy atom. The zero-order chi connectivity index (χ0) is 18.1. The second-order valence-electron chi connectivity index (χ2n) is 7.82. The number of halogens is 1. The Morgan fingerprint density at radius 2 is 1.96 bits per heavy atom. The van der Waals surface area contributed by atoms with E-state index in [1.807, 2.05) is 4.90 Å². The van der Waals surface area contributed by atoms with E-state index in [0.29, 0.717) is 42.7 Å². The lowest BCUT2D eigenvalue weighted by Gasteiger charge is -2.32. The Kier molecular flexibility index (Phi) is 4.88. The molecule has 1 aromatic heterocycles. The van der Waals surface area contributed by atoms with Gasteiger partial charge in [0.15, 0.2) is 0 Å². The highest BCUT2D eigenvalue weighted by molar-refractivity contribution is 6.30. The van der Waals surface area contributed by atoms with Crippen LogP contribution in [0.4, 0.5) is 5.82 Å². The number of nitrogens with one attached hydrogen (secondary N) is 2. The van der Waals surface area contributed by atoms with Crippen LogP contribution in [-0.4, -0.2) is 47.9 Å². The van der Waals surface area contributed by atoms with E-state index >= 15 is 0 Å². The average molecular weight is 377 g/mol. The standard InChI is InChI=1S/C19H25ClN4O2/c20-14-1-2-16(22-12-14)23-17(25)13-3-9-24(10-4-13)18(26)15-11-19(15)5-7-21-8-6-19/h1-2,12-13,15,21H,3-11H2,(H,22,23,25). The Hall–Kier alpha value is -1.66. The molecule has 1 saturated carbocycles. The molecular formula is C19H25ClN4O2.